The quantitative estimate of drug-likeness (QED) is 0.508. The van der Waals surface area contributed by atoms with Crippen LogP contribution in [0.5, 0.6) is 17.2 Å². The van der Waals surface area contributed by atoms with E-state index in [4.69, 9.17) is 21.1 Å². The lowest BCUT2D eigenvalue weighted by molar-refractivity contribution is -0.0504. The molecule has 0 heterocycles. The monoisotopic (exact) mass is 413 g/mol. The van der Waals surface area contributed by atoms with Crippen LogP contribution < -0.4 is 24.8 Å². The molecule has 6 nitrogen and oxygen atoms in total. The van der Waals surface area contributed by atoms with Crippen molar-refractivity contribution >= 4 is 17.6 Å². The first-order valence-corrected chi connectivity index (χ1v) is 8.73. The van der Waals surface area contributed by atoms with E-state index >= 15 is 0 Å². The molecule has 0 unspecified atom stereocenters. The summed E-state index contributed by atoms with van der Waals surface area (Å²) in [5.41, 5.74) is 1.38. The Balaban J connectivity index is 2.02. The molecule has 0 saturated heterocycles. The van der Waals surface area contributed by atoms with E-state index in [-0.39, 0.29) is 12.3 Å². The summed E-state index contributed by atoms with van der Waals surface area (Å²) in [4.78, 5) is 4.13. The van der Waals surface area contributed by atoms with E-state index in [2.05, 4.69) is 20.4 Å². The van der Waals surface area contributed by atoms with Crippen LogP contribution in [0.2, 0.25) is 5.02 Å². The molecule has 0 aliphatic heterocycles. The van der Waals surface area contributed by atoms with Crippen molar-refractivity contribution in [2.75, 3.05) is 21.3 Å². The van der Waals surface area contributed by atoms with Gasteiger partial charge in [0.15, 0.2) is 5.96 Å². The third kappa shape index (κ3) is 6.16. The number of guanidine groups is 1. The summed E-state index contributed by atoms with van der Waals surface area (Å²) >= 11 is 5.96. The second-order valence-corrected chi connectivity index (χ2v) is 6.02. The van der Waals surface area contributed by atoms with E-state index in [1.807, 2.05) is 12.1 Å². The summed E-state index contributed by atoms with van der Waals surface area (Å²) in [5, 5.41) is 6.61. The van der Waals surface area contributed by atoms with Gasteiger partial charge >= 0.3 is 6.61 Å². The average Bonchev–Trinajstić information content (AvgIpc) is 2.69. The Kier molecular flexibility index (Phi) is 8.13. The van der Waals surface area contributed by atoms with Gasteiger partial charge in [-0.2, -0.15) is 8.78 Å². The van der Waals surface area contributed by atoms with E-state index in [1.165, 1.54) is 12.1 Å². The van der Waals surface area contributed by atoms with Crippen LogP contribution in [0.4, 0.5) is 8.78 Å². The Labute approximate surface area is 167 Å². The Morgan fingerprint density at radius 1 is 1.00 bits per heavy atom. The molecule has 0 aliphatic rings. The molecule has 0 radical (unpaired) electrons. The summed E-state index contributed by atoms with van der Waals surface area (Å²) in [5.74, 6) is 1.89. The highest BCUT2D eigenvalue weighted by Gasteiger charge is 2.11. The minimum absolute atomic E-state index is 0.0548. The van der Waals surface area contributed by atoms with Crippen molar-refractivity contribution in [1.29, 1.82) is 0 Å². The second-order valence-electron chi connectivity index (χ2n) is 5.59. The first kappa shape index (κ1) is 21.6. The van der Waals surface area contributed by atoms with Gasteiger partial charge in [0.1, 0.15) is 17.2 Å². The molecular formula is C19H22ClF2N3O3. The van der Waals surface area contributed by atoms with Crippen LogP contribution in [0.3, 0.4) is 0 Å². The van der Waals surface area contributed by atoms with Crippen LogP contribution in [0.15, 0.2) is 41.4 Å². The molecule has 28 heavy (non-hydrogen) atoms. The summed E-state index contributed by atoms with van der Waals surface area (Å²) in [6, 6.07) is 9.95. The van der Waals surface area contributed by atoms with Gasteiger partial charge in [-0.3, -0.25) is 4.99 Å². The molecule has 0 amide bonds. The molecule has 9 heteroatoms. The van der Waals surface area contributed by atoms with E-state index in [9.17, 15) is 8.78 Å². The number of hydrogen-bond acceptors (Lipinski definition) is 4. The lowest BCUT2D eigenvalue weighted by atomic mass is 10.2. The predicted octanol–water partition coefficient (Wildman–Crippen LogP) is 3.82. The second kappa shape index (κ2) is 10.6. The van der Waals surface area contributed by atoms with Crippen molar-refractivity contribution in [3.63, 3.8) is 0 Å². The van der Waals surface area contributed by atoms with Crippen LogP contribution >= 0.6 is 11.6 Å². The maximum Gasteiger partial charge on any atom is 0.387 e. The van der Waals surface area contributed by atoms with Gasteiger partial charge in [-0.1, -0.05) is 11.6 Å². The SMILES string of the molecule is CN=C(NCc1ccc(OC)cc1OC)NCc1cc(Cl)ccc1OC(F)F. The van der Waals surface area contributed by atoms with E-state index < -0.39 is 6.61 Å². The van der Waals surface area contributed by atoms with Gasteiger partial charge in [-0.15, -0.1) is 0 Å². The molecule has 0 bridgehead atoms. The number of ether oxygens (including phenoxy) is 3. The van der Waals surface area contributed by atoms with E-state index in [0.717, 1.165) is 5.56 Å². The molecule has 0 aliphatic carbocycles. The third-order valence-electron chi connectivity index (χ3n) is 3.85. The molecule has 0 fully saturated rings. The fourth-order valence-electron chi connectivity index (χ4n) is 2.47. The number of hydrogen-bond donors (Lipinski definition) is 2. The Bertz CT molecular complexity index is 819. The first-order valence-electron chi connectivity index (χ1n) is 8.35. The maximum absolute atomic E-state index is 12.6. The zero-order valence-corrected chi connectivity index (χ0v) is 16.5. The first-order chi connectivity index (χ1) is 13.5. The molecule has 0 saturated carbocycles. The largest absolute Gasteiger partial charge is 0.497 e. The lowest BCUT2D eigenvalue weighted by Gasteiger charge is -2.16. The third-order valence-corrected chi connectivity index (χ3v) is 4.08. The number of benzene rings is 2. The molecule has 2 N–H and O–H groups in total. The van der Waals surface area contributed by atoms with Crippen LogP contribution in [0.1, 0.15) is 11.1 Å². The molecule has 2 aromatic rings. The number of alkyl halides is 2. The minimum atomic E-state index is -2.92. The smallest absolute Gasteiger partial charge is 0.387 e. The van der Waals surface area contributed by atoms with Gasteiger partial charge in [0.2, 0.25) is 0 Å². The molecule has 0 aromatic heterocycles. The Morgan fingerprint density at radius 3 is 2.32 bits per heavy atom. The normalized spacial score (nSPS) is 11.3. The summed E-state index contributed by atoms with van der Waals surface area (Å²) in [7, 11) is 4.77. The van der Waals surface area contributed by atoms with Crippen molar-refractivity contribution in [2.45, 2.75) is 19.7 Å². The van der Waals surface area contributed by atoms with Crippen LogP contribution in [0.25, 0.3) is 0 Å². The van der Waals surface area contributed by atoms with Crippen LogP contribution in [0, 0.1) is 0 Å². The standard InChI is InChI=1S/C19H22ClF2N3O3/c1-23-19(24-10-12-4-6-15(26-2)9-17(12)27-3)25-11-13-8-14(20)5-7-16(13)28-18(21)22/h4-9,18H,10-11H2,1-3H3,(H2,23,24,25). The van der Waals surface area contributed by atoms with E-state index in [0.29, 0.717) is 34.6 Å². The number of methoxy groups -OCH3 is 2. The highest BCUT2D eigenvalue weighted by atomic mass is 35.5. The van der Waals surface area contributed by atoms with Crippen LogP contribution in [-0.2, 0) is 13.1 Å². The van der Waals surface area contributed by atoms with Gasteiger partial charge in [-0.25, -0.2) is 0 Å². The Hall–Kier alpha value is -2.74. The van der Waals surface area contributed by atoms with Crippen molar-refractivity contribution in [2.24, 2.45) is 4.99 Å². The van der Waals surface area contributed by atoms with Crippen molar-refractivity contribution < 1.29 is 23.0 Å². The molecular weight excluding hydrogens is 392 g/mol. The highest BCUT2D eigenvalue weighted by molar-refractivity contribution is 6.30. The summed E-state index contributed by atoms with van der Waals surface area (Å²) in [6.07, 6.45) is 0. The van der Waals surface area contributed by atoms with Crippen molar-refractivity contribution in [3.05, 3.63) is 52.5 Å². The van der Waals surface area contributed by atoms with Gasteiger partial charge in [0, 0.05) is 42.4 Å². The number of nitrogens with one attached hydrogen (secondary N) is 2. The van der Waals surface area contributed by atoms with Crippen molar-refractivity contribution in [1.82, 2.24) is 10.6 Å². The van der Waals surface area contributed by atoms with Gasteiger partial charge in [0.25, 0.3) is 0 Å². The van der Waals surface area contributed by atoms with Gasteiger partial charge < -0.3 is 24.8 Å². The average molecular weight is 414 g/mol. The molecule has 2 aromatic carbocycles. The molecule has 152 valence electrons. The predicted molar refractivity (Wildman–Crippen MR) is 105 cm³/mol. The highest BCUT2D eigenvalue weighted by Crippen LogP contribution is 2.25. The van der Waals surface area contributed by atoms with Gasteiger partial charge in [0.05, 0.1) is 14.2 Å². The minimum Gasteiger partial charge on any atom is -0.497 e. The molecule has 0 atom stereocenters. The number of nitrogens with zero attached hydrogens (tertiary/aromatic N) is 1. The van der Waals surface area contributed by atoms with Crippen molar-refractivity contribution in [3.8, 4) is 17.2 Å². The fraction of sp³-hybridized carbons (Fsp3) is 0.316. The summed E-state index contributed by atoms with van der Waals surface area (Å²) in [6.45, 7) is -2.29. The van der Waals surface area contributed by atoms with E-state index in [1.54, 1.807) is 33.4 Å². The van der Waals surface area contributed by atoms with Crippen LogP contribution in [-0.4, -0.2) is 33.8 Å². The van der Waals surface area contributed by atoms with Gasteiger partial charge in [-0.05, 0) is 30.3 Å². The molecule has 0 spiro atoms. The number of rotatable bonds is 8. The zero-order chi connectivity index (χ0) is 20.5. The molecule has 2 rings (SSSR count). The zero-order valence-electron chi connectivity index (χ0n) is 15.8. The number of halogens is 3. The Morgan fingerprint density at radius 2 is 1.71 bits per heavy atom. The fourth-order valence-corrected chi connectivity index (χ4v) is 2.67. The maximum atomic E-state index is 12.6. The number of aliphatic imine (C=N–C) groups is 1. The topological polar surface area (TPSA) is 64.1 Å². The lowest BCUT2D eigenvalue weighted by Crippen LogP contribution is -2.36. The summed E-state index contributed by atoms with van der Waals surface area (Å²) < 4.78 is 40.2.